The van der Waals surface area contributed by atoms with E-state index in [0.717, 1.165) is 0 Å². The molecule has 5 nitrogen and oxygen atoms in total. The van der Waals surface area contributed by atoms with Crippen molar-refractivity contribution in [1.29, 1.82) is 0 Å². The molecule has 0 bridgehead atoms. The first-order valence-electron chi connectivity index (χ1n) is 6.51. The second kappa shape index (κ2) is 5.02. The molecule has 6 heteroatoms. The summed E-state index contributed by atoms with van der Waals surface area (Å²) in [5.41, 5.74) is 0.115. The fraction of sp³-hybridized carbons (Fsp3) is 0.571. The van der Waals surface area contributed by atoms with Gasteiger partial charge in [-0.25, -0.2) is 8.42 Å². The van der Waals surface area contributed by atoms with E-state index in [9.17, 15) is 8.42 Å². The Morgan fingerprint density at radius 1 is 1.40 bits per heavy atom. The van der Waals surface area contributed by atoms with Crippen molar-refractivity contribution in [3.63, 3.8) is 0 Å². The van der Waals surface area contributed by atoms with Gasteiger partial charge in [0.2, 0.25) is 10.0 Å². The Bertz CT molecular complexity index is 610. The van der Waals surface area contributed by atoms with Crippen LogP contribution in [-0.2, 0) is 14.8 Å². The van der Waals surface area contributed by atoms with Gasteiger partial charge >= 0.3 is 0 Å². The normalized spacial score (nSPS) is 22.9. The van der Waals surface area contributed by atoms with Crippen LogP contribution in [-0.4, -0.2) is 38.2 Å². The molecule has 0 radical (unpaired) electrons. The van der Waals surface area contributed by atoms with Crippen LogP contribution >= 0.6 is 0 Å². The van der Waals surface area contributed by atoms with Gasteiger partial charge in [-0.15, -0.1) is 0 Å². The number of benzene rings is 1. The van der Waals surface area contributed by atoms with E-state index in [1.807, 2.05) is 13.8 Å². The second-order valence-electron chi connectivity index (χ2n) is 5.66. The van der Waals surface area contributed by atoms with Crippen molar-refractivity contribution in [3.8, 4) is 5.75 Å². The third kappa shape index (κ3) is 2.43. The Balaban J connectivity index is 2.50. The molecule has 1 aliphatic rings. The minimum absolute atomic E-state index is 0.295. The number of ether oxygens (including phenoxy) is 2. The average molecular weight is 299 g/mol. The first-order valence-corrected chi connectivity index (χ1v) is 7.95. The van der Waals surface area contributed by atoms with Crippen LogP contribution in [0.5, 0.6) is 5.75 Å². The van der Waals surface area contributed by atoms with Crippen LogP contribution in [0, 0.1) is 6.92 Å². The van der Waals surface area contributed by atoms with Crippen molar-refractivity contribution < 1.29 is 17.9 Å². The van der Waals surface area contributed by atoms with Crippen molar-refractivity contribution in [2.75, 3.05) is 13.7 Å². The third-order valence-corrected chi connectivity index (χ3v) is 5.85. The van der Waals surface area contributed by atoms with Crippen LogP contribution in [0.4, 0.5) is 0 Å². The van der Waals surface area contributed by atoms with Gasteiger partial charge in [0.05, 0.1) is 24.2 Å². The number of methoxy groups -OCH3 is 1. The summed E-state index contributed by atoms with van der Waals surface area (Å²) < 4.78 is 37.8. The molecule has 0 saturated carbocycles. The number of hydrogen-bond acceptors (Lipinski definition) is 4. The fourth-order valence-electron chi connectivity index (χ4n) is 2.61. The maximum Gasteiger partial charge on any atom is 0.246 e. The summed E-state index contributed by atoms with van der Waals surface area (Å²) in [5, 5.41) is 0. The van der Waals surface area contributed by atoms with Gasteiger partial charge in [0.1, 0.15) is 12.0 Å². The van der Waals surface area contributed by atoms with E-state index in [2.05, 4.69) is 0 Å². The molecule has 1 aromatic rings. The predicted octanol–water partition coefficient (Wildman–Crippen LogP) is 2.15. The van der Waals surface area contributed by atoms with Gasteiger partial charge < -0.3 is 9.47 Å². The molecule has 112 valence electrons. The van der Waals surface area contributed by atoms with Crippen molar-refractivity contribution in [2.45, 2.75) is 44.4 Å². The van der Waals surface area contributed by atoms with Crippen LogP contribution in [0.3, 0.4) is 0 Å². The molecule has 20 heavy (non-hydrogen) atoms. The van der Waals surface area contributed by atoms with E-state index in [1.54, 1.807) is 39.2 Å². The van der Waals surface area contributed by atoms with Gasteiger partial charge in [0.15, 0.2) is 0 Å². The molecule has 0 spiro atoms. The van der Waals surface area contributed by atoms with Gasteiger partial charge in [-0.05, 0) is 51.5 Å². The maximum absolute atomic E-state index is 12.9. The van der Waals surface area contributed by atoms with Gasteiger partial charge in [-0.2, -0.15) is 4.31 Å². The van der Waals surface area contributed by atoms with E-state index in [4.69, 9.17) is 9.47 Å². The van der Waals surface area contributed by atoms with Gasteiger partial charge in [0.25, 0.3) is 0 Å². The molecule has 1 aromatic carbocycles. The van der Waals surface area contributed by atoms with Gasteiger partial charge in [0, 0.05) is 0 Å². The Kier molecular flexibility index (Phi) is 3.83. The van der Waals surface area contributed by atoms with E-state index in [-0.39, 0.29) is 0 Å². The van der Waals surface area contributed by atoms with Gasteiger partial charge in [-0.1, -0.05) is 0 Å². The van der Waals surface area contributed by atoms with Crippen molar-refractivity contribution in [3.05, 3.63) is 23.8 Å². The largest absolute Gasteiger partial charge is 0.497 e. The Labute approximate surface area is 120 Å². The number of hydrogen-bond donors (Lipinski definition) is 0. The van der Waals surface area contributed by atoms with E-state index < -0.39 is 21.8 Å². The molecule has 0 N–H and O–H groups in total. The summed E-state index contributed by atoms with van der Waals surface area (Å²) in [4.78, 5) is 0.295. The molecule has 0 aromatic heterocycles. The summed E-state index contributed by atoms with van der Waals surface area (Å²) in [5.74, 6) is 0.645. The first-order chi connectivity index (χ1) is 9.20. The SMILES string of the molecule is COc1ccc(S(=O)(=O)N2C(C)OCC2(C)C)c(C)c1. The summed E-state index contributed by atoms with van der Waals surface area (Å²) in [6.45, 7) is 7.65. The number of aryl methyl sites for hydroxylation is 1. The smallest absolute Gasteiger partial charge is 0.246 e. The molecule has 2 rings (SSSR count). The summed E-state index contributed by atoms with van der Waals surface area (Å²) in [7, 11) is -2.04. The van der Waals surface area contributed by atoms with Crippen molar-refractivity contribution >= 4 is 10.0 Å². The summed E-state index contributed by atoms with van der Waals surface area (Å²) in [6, 6.07) is 4.97. The predicted molar refractivity (Wildman–Crippen MR) is 76.2 cm³/mol. The topological polar surface area (TPSA) is 55.8 Å². The summed E-state index contributed by atoms with van der Waals surface area (Å²) >= 11 is 0. The number of nitrogens with zero attached hydrogens (tertiary/aromatic N) is 1. The quantitative estimate of drug-likeness (QED) is 0.858. The lowest BCUT2D eigenvalue weighted by Gasteiger charge is -2.31. The van der Waals surface area contributed by atoms with Gasteiger partial charge in [-0.3, -0.25) is 0 Å². The van der Waals surface area contributed by atoms with Crippen LogP contribution in [0.25, 0.3) is 0 Å². The zero-order chi connectivity index (χ0) is 15.1. The van der Waals surface area contributed by atoms with Crippen LogP contribution in [0.1, 0.15) is 26.3 Å². The highest BCUT2D eigenvalue weighted by Gasteiger charge is 2.46. The zero-order valence-electron chi connectivity index (χ0n) is 12.5. The van der Waals surface area contributed by atoms with E-state index in [0.29, 0.717) is 22.8 Å². The minimum Gasteiger partial charge on any atom is -0.497 e. The lowest BCUT2D eigenvalue weighted by Crippen LogP contribution is -2.47. The first kappa shape index (κ1) is 15.3. The average Bonchev–Trinajstić information content (AvgIpc) is 2.63. The lowest BCUT2D eigenvalue weighted by atomic mass is 10.1. The molecule has 1 atom stereocenters. The molecule has 1 saturated heterocycles. The maximum atomic E-state index is 12.9. The Morgan fingerprint density at radius 3 is 2.50 bits per heavy atom. The Morgan fingerprint density at radius 2 is 2.05 bits per heavy atom. The molecular weight excluding hydrogens is 278 g/mol. The number of rotatable bonds is 3. The highest BCUT2D eigenvalue weighted by atomic mass is 32.2. The lowest BCUT2D eigenvalue weighted by molar-refractivity contribution is 0.0843. The van der Waals surface area contributed by atoms with Crippen molar-refractivity contribution in [1.82, 2.24) is 4.31 Å². The highest BCUT2D eigenvalue weighted by molar-refractivity contribution is 7.89. The second-order valence-corrected chi connectivity index (χ2v) is 7.44. The zero-order valence-corrected chi connectivity index (χ0v) is 13.3. The molecular formula is C14H21NO4S. The molecule has 1 unspecified atom stereocenters. The molecule has 0 amide bonds. The van der Waals surface area contributed by atoms with E-state index >= 15 is 0 Å². The number of sulfonamides is 1. The van der Waals surface area contributed by atoms with Crippen molar-refractivity contribution in [2.24, 2.45) is 0 Å². The Hall–Kier alpha value is -1.11. The molecule has 1 fully saturated rings. The molecule has 0 aliphatic carbocycles. The third-order valence-electron chi connectivity index (χ3n) is 3.52. The van der Waals surface area contributed by atoms with E-state index in [1.165, 1.54) is 4.31 Å². The van der Waals surface area contributed by atoms with Crippen LogP contribution in [0.2, 0.25) is 0 Å². The standard InChI is InChI=1S/C14H21NO4S/c1-10-8-12(18-5)6-7-13(10)20(16,17)15-11(2)19-9-14(15,3)4/h6-8,11H,9H2,1-5H3. The monoisotopic (exact) mass is 299 g/mol. The van der Waals surface area contributed by atoms with Crippen LogP contribution in [0.15, 0.2) is 23.1 Å². The minimum atomic E-state index is -3.60. The molecule has 1 aliphatic heterocycles. The summed E-state index contributed by atoms with van der Waals surface area (Å²) in [6.07, 6.45) is -0.462. The van der Waals surface area contributed by atoms with Crippen LogP contribution < -0.4 is 4.74 Å². The molecule has 1 heterocycles. The fourth-order valence-corrected chi connectivity index (χ4v) is 4.69. The highest BCUT2D eigenvalue weighted by Crippen LogP contribution is 2.34.